The second-order valence-electron chi connectivity index (χ2n) is 10.1. The van der Waals surface area contributed by atoms with Crippen LogP contribution in [0.1, 0.15) is 37.3 Å². The number of aromatic nitrogens is 3. The van der Waals surface area contributed by atoms with Gasteiger partial charge in [0.05, 0.1) is 40.7 Å². The van der Waals surface area contributed by atoms with Crippen LogP contribution in [-0.2, 0) is 26.6 Å². The van der Waals surface area contributed by atoms with E-state index in [0.717, 1.165) is 6.20 Å². The lowest BCUT2D eigenvalue weighted by Gasteiger charge is -2.24. The fourth-order valence-corrected chi connectivity index (χ4v) is 5.87. The summed E-state index contributed by atoms with van der Waals surface area (Å²) in [5.74, 6) is -1.01. The number of hydrogen-bond donors (Lipinski definition) is 1. The summed E-state index contributed by atoms with van der Waals surface area (Å²) in [7, 11) is -3.92. The van der Waals surface area contributed by atoms with Gasteiger partial charge in [0.25, 0.3) is 6.43 Å². The van der Waals surface area contributed by atoms with Gasteiger partial charge in [-0.1, -0.05) is 24.3 Å². The first-order valence-corrected chi connectivity index (χ1v) is 14.1. The van der Waals surface area contributed by atoms with Gasteiger partial charge >= 0.3 is 0 Å². The van der Waals surface area contributed by atoms with Crippen molar-refractivity contribution in [1.82, 2.24) is 15.2 Å². The van der Waals surface area contributed by atoms with E-state index in [-0.39, 0.29) is 34.5 Å². The third-order valence-electron chi connectivity index (χ3n) is 6.68. The van der Waals surface area contributed by atoms with Crippen LogP contribution in [0.3, 0.4) is 0 Å². The van der Waals surface area contributed by atoms with Crippen LogP contribution in [0.5, 0.6) is 0 Å². The fourth-order valence-electron chi connectivity index (χ4n) is 4.31. The molecule has 0 aliphatic carbocycles. The van der Waals surface area contributed by atoms with Crippen molar-refractivity contribution in [1.29, 1.82) is 5.26 Å². The largest absolute Gasteiger partial charge is 0.419 e. The van der Waals surface area contributed by atoms with Crippen molar-refractivity contribution in [3.63, 3.8) is 0 Å². The van der Waals surface area contributed by atoms with Gasteiger partial charge in [-0.3, -0.25) is 9.78 Å². The molecule has 4 aromatic rings. The molecule has 0 unspecified atom stereocenters. The standard InChI is InChI=1S/C28H24F2N6O4S/c1-28(2,15-31)27-35-34-25(40-27)18-8-10-23-22(11-18)36(26(37)20(32)14-41(23,38)39)13-16-3-5-17(6-4-16)21-9-7-19(12-33-21)24(29)30/h3-12,20,24H,13-14,32H2,1-2H3/t20-/m0/s1. The van der Waals surface area contributed by atoms with Gasteiger partial charge in [0, 0.05) is 22.9 Å². The molecule has 210 valence electrons. The van der Waals surface area contributed by atoms with Gasteiger partial charge in [0.15, 0.2) is 9.84 Å². The molecule has 10 nitrogen and oxygen atoms in total. The van der Waals surface area contributed by atoms with Crippen LogP contribution >= 0.6 is 0 Å². The van der Waals surface area contributed by atoms with Gasteiger partial charge in [0.2, 0.25) is 17.7 Å². The molecule has 2 aromatic heterocycles. The highest BCUT2D eigenvalue weighted by molar-refractivity contribution is 7.91. The zero-order valence-corrected chi connectivity index (χ0v) is 22.8. The minimum atomic E-state index is -3.92. The molecule has 1 aliphatic heterocycles. The highest BCUT2D eigenvalue weighted by Crippen LogP contribution is 2.36. The second-order valence-corrected chi connectivity index (χ2v) is 12.1. The number of hydrogen-bond acceptors (Lipinski definition) is 9. The van der Waals surface area contributed by atoms with Crippen molar-refractivity contribution < 1.29 is 26.4 Å². The van der Waals surface area contributed by atoms with E-state index < -0.39 is 39.4 Å². The molecule has 1 aliphatic rings. The number of nitrogens with zero attached hydrogens (tertiary/aromatic N) is 5. The Balaban J connectivity index is 1.51. The Labute approximate surface area is 234 Å². The number of nitriles is 1. The molecule has 5 rings (SSSR count). The summed E-state index contributed by atoms with van der Waals surface area (Å²) < 4.78 is 57.7. The normalized spacial score (nSPS) is 16.8. The van der Waals surface area contributed by atoms with Crippen LogP contribution in [0, 0.1) is 11.3 Å². The second kappa shape index (κ2) is 10.5. The molecule has 0 bridgehead atoms. The third-order valence-corrected chi connectivity index (χ3v) is 8.50. The van der Waals surface area contributed by atoms with E-state index in [0.29, 0.717) is 22.4 Å². The lowest BCUT2D eigenvalue weighted by atomic mass is 9.96. The van der Waals surface area contributed by atoms with Crippen LogP contribution < -0.4 is 10.6 Å². The van der Waals surface area contributed by atoms with Crippen LogP contribution in [0.2, 0.25) is 0 Å². The molecule has 2 aromatic carbocycles. The highest BCUT2D eigenvalue weighted by atomic mass is 32.2. The highest BCUT2D eigenvalue weighted by Gasteiger charge is 2.37. The van der Waals surface area contributed by atoms with Crippen molar-refractivity contribution >= 4 is 21.4 Å². The number of carbonyl (C=O) groups excluding carboxylic acids is 1. The molecule has 13 heteroatoms. The Morgan fingerprint density at radius 3 is 2.46 bits per heavy atom. The van der Waals surface area contributed by atoms with Crippen LogP contribution in [0.15, 0.2) is 70.1 Å². The molecule has 0 radical (unpaired) electrons. The average Bonchev–Trinajstić information content (AvgIpc) is 3.45. The number of halogens is 2. The zero-order chi connectivity index (χ0) is 29.5. The molecule has 0 spiro atoms. The first kappa shape index (κ1) is 28.0. The smallest absolute Gasteiger partial charge is 0.265 e. The summed E-state index contributed by atoms with van der Waals surface area (Å²) in [4.78, 5) is 18.7. The van der Waals surface area contributed by atoms with E-state index in [4.69, 9.17) is 10.2 Å². The minimum Gasteiger partial charge on any atom is -0.419 e. The molecule has 3 heterocycles. The maximum absolute atomic E-state index is 13.4. The number of benzene rings is 2. The summed E-state index contributed by atoms with van der Waals surface area (Å²) in [6.07, 6.45) is -1.50. The molecule has 2 N–H and O–H groups in total. The van der Waals surface area contributed by atoms with Gasteiger partial charge < -0.3 is 15.1 Å². The molecule has 0 saturated carbocycles. The number of anilines is 1. The molecule has 1 atom stereocenters. The van der Waals surface area contributed by atoms with Crippen molar-refractivity contribution in [2.24, 2.45) is 5.73 Å². The summed E-state index contributed by atoms with van der Waals surface area (Å²) >= 11 is 0. The van der Waals surface area contributed by atoms with Gasteiger partial charge in [-0.25, -0.2) is 17.2 Å². The zero-order valence-electron chi connectivity index (χ0n) is 22.0. The number of nitrogens with two attached hydrogens (primary N) is 1. The molecular weight excluding hydrogens is 554 g/mol. The number of pyridine rings is 1. The lowest BCUT2D eigenvalue weighted by Crippen LogP contribution is -2.45. The maximum atomic E-state index is 13.4. The third kappa shape index (κ3) is 5.44. The molecule has 0 saturated heterocycles. The lowest BCUT2D eigenvalue weighted by molar-refractivity contribution is -0.119. The van der Waals surface area contributed by atoms with Crippen molar-refractivity contribution in [3.05, 3.63) is 77.8 Å². The minimum absolute atomic E-state index is 0.00686. The first-order valence-electron chi connectivity index (χ1n) is 12.4. The van der Waals surface area contributed by atoms with Crippen molar-refractivity contribution in [2.75, 3.05) is 10.7 Å². The van der Waals surface area contributed by atoms with Crippen LogP contribution in [-0.4, -0.2) is 41.3 Å². The fraction of sp³-hybridized carbons (Fsp3) is 0.250. The van der Waals surface area contributed by atoms with Crippen molar-refractivity contribution in [2.45, 2.75) is 43.2 Å². The Bertz CT molecular complexity index is 1760. The average molecular weight is 579 g/mol. The van der Waals surface area contributed by atoms with E-state index in [1.54, 1.807) is 38.1 Å². The van der Waals surface area contributed by atoms with E-state index in [2.05, 4.69) is 21.3 Å². The summed E-state index contributed by atoms with van der Waals surface area (Å²) in [5.41, 5.74) is 7.09. The molecule has 1 amide bonds. The van der Waals surface area contributed by atoms with E-state index in [1.807, 2.05) is 0 Å². The summed E-state index contributed by atoms with van der Waals surface area (Å²) in [6, 6.07) is 14.8. The molecule has 41 heavy (non-hydrogen) atoms. The van der Waals surface area contributed by atoms with Crippen molar-refractivity contribution in [3.8, 4) is 28.8 Å². The van der Waals surface area contributed by atoms with Gasteiger partial charge in [-0.05, 0) is 49.7 Å². The number of carbonyl (C=O) groups is 1. The number of fused-ring (bicyclic) bond motifs is 1. The SMILES string of the molecule is CC(C)(C#N)c1nnc(-c2ccc3c(c2)N(Cc2ccc(-c4ccc(C(F)F)cn4)cc2)C(=O)[C@@H](N)CS3(=O)=O)o1. The maximum Gasteiger partial charge on any atom is 0.265 e. The predicted octanol–water partition coefficient (Wildman–Crippen LogP) is 4.19. The monoisotopic (exact) mass is 578 g/mol. The van der Waals surface area contributed by atoms with E-state index in [9.17, 15) is 27.3 Å². The number of rotatable bonds is 6. The Hall–Kier alpha value is -4.54. The quantitative estimate of drug-likeness (QED) is 0.354. The molecular formula is C28H24F2N6O4S. The van der Waals surface area contributed by atoms with Gasteiger partial charge in [0.1, 0.15) is 5.41 Å². The Kier molecular flexibility index (Phi) is 7.14. The Morgan fingerprint density at radius 2 is 1.83 bits per heavy atom. The van der Waals surface area contributed by atoms with Crippen LogP contribution in [0.4, 0.5) is 14.5 Å². The predicted molar refractivity (Wildman–Crippen MR) is 144 cm³/mol. The Morgan fingerprint density at radius 1 is 1.12 bits per heavy atom. The van der Waals surface area contributed by atoms with Gasteiger partial charge in [-0.15, -0.1) is 10.2 Å². The van der Waals surface area contributed by atoms with E-state index in [1.165, 1.54) is 35.2 Å². The van der Waals surface area contributed by atoms with Crippen LogP contribution in [0.25, 0.3) is 22.7 Å². The van der Waals surface area contributed by atoms with Gasteiger partial charge in [-0.2, -0.15) is 5.26 Å². The number of alkyl halides is 2. The number of sulfone groups is 1. The van der Waals surface area contributed by atoms with E-state index >= 15 is 0 Å². The topological polar surface area (TPSA) is 156 Å². The summed E-state index contributed by atoms with van der Waals surface area (Å²) in [6.45, 7) is 3.23. The molecule has 0 fully saturated rings. The first-order chi connectivity index (χ1) is 19.4. The summed E-state index contributed by atoms with van der Waals surface area (Å²) in [5, 5.41) is 17.4. The number of amides is 1.